The number of aliphatic imine (C=N–C) groups is 1. The Morgan fingerprint density at radius 2 is 2.39 bits per heavy atom. The number of nitrogens with two attached hydrogens (primary N) is 1. The number of ether oxygens (including phenoxy) is 2. The molecule has 2 N–H and O–H groups in total. The van der Waals surface area contributed by atoms with Gasteiger partial charge in [-0.3, -0.25) is 0 Å². The SMILES string of the molecule is C[C@]1(CCOc2ccc(F)c(Cl)c2)COC(N)=N1. The van der Waals surface area contributed by atoms with Crippen molar-refractivity contribution < 1.29 is 13.9 Å². The summed E-state index contributed by atoms with van der Waals surface area (Å²) in [6.07, 6.45) is 0.655. The van der Waals surface area contributed by atoms with Gasteiger partial charge < -0.3 is 15.2 Å². The molecule has 6 heteroatoms. The van der Waals surface area contributed by atoms with Crippen molar-refractivity contribution in [2.45, 2.75) is 18.9 Å². The summed E-state index contributed by atoms with van der Waals surface area (Å²) in [5, 5.41) is 0.0465. The standard InChI is InChI=1S/C12H14ClFN2O2/c1-12(7-18-11(15)16-12)4-5-17-8-2-3-10(14)9(13)6-8/h2-3,6H,4-5,7H2,1H3,(H2,15,16)/t12-/m0/s1. The van der Waals surface area contributed by atoms with Gasteiger partial charge in [-0.1, -0.05) is 11.6 Å². The third-order valence-electron chi connectivity index (χ3n) is 2.71. The quantitative estimate of drug-likeness (QED) is 0.915. The van der Waals surface area contributed by atoms with Gasteiger partial charge in [-0.25, -0.2) is 9.38 Å². The average Bonchev–Trinajstić information content (AvgIpc) is 2.64. The predicted octanol–water partition coefficient (Wildman–Crippen LogP) is 2.35. The van der Waals surface area contributed by atoms with E-state index in [1.54, 1.807) is 0 Å². The van der Waals surface area contributed by atoms with Crippen molar-refractivity contribution in [1.82, 2.24) is 0 Å². The molecule has 1 atom stereocenters. The fraction of sp³-hybridized carbons (Fsp3) is 0.417. The van der Waals surface area contributed by atoms with Gasteiger partial charge >= 0.3 is 0 Å². The zero-order chi connectivity index (χ0) is 13.2. The maximum Gasteiger partial charge on any atom is 0.282 e. The van der Waals surface area contributed by atoms with E-state index >= 15 is 0 Å². The molecule has 0 amide bonds. The normalized spacial score (nSPS) is 22.5. The van der Waals surface area contributed by atoms with Crippen LogP contribution in [0.1, 0.15) is 13.3 Å². The first kappa shape index (κ1) is 13.0. The van der Waals surface area contributed by atoms with Crippen LogP contribution in [-0.2, 0) is 4.74 Å². The molecule has 2 rings (SSSR count). The van der Waals surface area contributed by atoms with Crippen molar-refractivity contribution in [1.29, 1.82) is 0 Å². The van der Waals surface area contributed by atoms with Crippen LogP contribution in [0.15, 0.2) is 23.2 Å². The molecule has 0 unspecified atom stereocenters. The monoisotopic (exact) mass is 272 g/mol. The van der Waals surface area contributed by atoms with Crippen LogP contribution in [0.25, 0.3) is 0 Å². The highest BCUT2D eigenvalue weighted by Crippen LogP contribution is 2.24. The van der Waals surface area contributed by atoms with Gasteiger partial charge in [0.05, 0.1) is 11.6 Å². The maximum absolute atomic E-state index is 12.9. The Hall–Kier alpha value is -1.49. The van der Waals surface area contributed by atoms with Gasteiger partial charge in [-0.15, -0.1) is 0 Å². The third kappa shape index (κ3) is 3.04. The van der Waals surface area contributed by atoms with Crippen LogP contribution >= 0.6 is 11.6 Å². The third-order valence-corrected chi connectivity index (χ3v) is 3.00. The van der Waals surface area contributed by atoms with Gasteiger partial charge in [0.25, 0.3) is 6.02 Å². The summed E-state index contributed by atoms with van der Waals surface area (Å²) in [5.41, 5.74) is 5.10. The topological polar surface area (TPSA) is 56.8 Å². The number of hydrogen-bond donors (Lipinski definition) is 1. The molecule has 0 aliphatic carbocycles. The first-order valence-electron chi connectivity index (χ1n) is 5.54. The minimum absolute atomic E-state index is 0.0465. The first-order chi connectivity index (χ1) is 8.48. The lowest BCUT2D eigenvalue weighted by Crippen LogP contribution is -2.26. The molecule has 0 saturated heterocycles. The summed E-state index contributed by atoms with van der Waals surface area (Å²) in [6, 6.07) is 4.46. The predicted molar refractivity (Wildman–Crippen MR) is 67.5 cm³/mol. The molecule has 1 aromatic rings. The fourth-order valence-corrected chi connectivity index (χ4v) is 1.81. The summed E-state index contributed by atoms with van der Waals surface area (Å²) in [7, 11) is 0. The molecule has 1 aliphatic rings. The molecule has 1 heterocycles. The van der Waals surface area contributed by atoms with Crippen molar-refractivity contribution in [3.8, 4) is 5.75 Å². The minimum atomic E-state index is -0.461. The van der Waals surface area contributed by atoms with E-state index in [0.29, 0.717) is 25.4 Å². The zero-order valence-electron chi connectivity index (χ0n) is 9.95. The van der Waals surface area contributed by atoms with Crippen LogP contribution in [-0.4, -0.2) is 24.8 Å². The van der Waals surface area contributed by atoms with Gasteiger partial charge in [0.2, 0.25) is 0 Å². The van der Waals surface area contributed by atoms with Crippen LogP contribution in [0.2, 0.25) is 5.02 Å². The summed E-state index contributed by atoms with van der Waals surface area (Å²) < 4.78 is 23.5. The van der Waals surface area contributed by atoms with Crippen molar-refractivity contribution >= 4 is 17.6 Å². The number of hydrogen-bond acceptors (Lipinski definition) is 4. The van der Waals surface area contributed by atoms with Crippen LogP contribution in [0.3, 0.4) is 0 Å². The summed E-state index contributed by atoms with van der Waals surface area (Å²) >= 11 is 5.65. The number of rotatable bonds is 4. The van der Waals surface area contributed by atoms with Gasteiger partial charge in [-0.05, 0) is 19.1 Å². The Bertz CT molecular complexity index is 481. The van der Waals surface area contributed by atoms with E-state index in [0.717, 1.165) is 0 Å². The smallest absolute Gasteiger partial charge is 0.282 e. The number of amidine groups is 1. The highest BCUT2D eigenvalue weighted by Gasteiger charge is 2.30. The van der Waals surface area contributed by atoms with Crippen molar-refractivity contribution in [3.05, 3.63) is 29.0 Å². The van der Waals surface area contributed by atoms with E-state index in [1.165, 1.54) is 18.2 Å². The van der Waals surface area contributed by atoms with E-state index in [2.05, 4.69) is 4.99 Å². The van der Waals surface area contributed by atoms with Crippen molar-refractivity contribution in [2.24, 2.45) is 10.7 Å². The van der Waals surface area contributed by atoms with Crippen LogP contribution in [0, 0.1) is 5.82 Å². The van der Waals surface area contributed by atoms with E-state index in [4.69, 9.17) is 26.8 Å². The highest BCUT2D eigenvalue weighted by atomic mass is 35.5. The zero-order valence-corrected chi connectivity index (χ0v) is 10.7. The fourth-order valence-electron chi connectivity index (χ4n) is 1.64. The Balaban J connectivity index is 1.87. The van der Waals surface area contributed by atoms with E-state index in [1.807, 2.05) is 6.92 Å². The van der Waals surface area contributed by atoms with Gasteiger partial charge in [-0.2, -0.15) is 0 Å². The molecule has 0 aromatic heterocycles. The molecule has 0 radical (unpaired) electrons. The number of benzene rings is 1. The Kier molecular flexibility index (Phi) is 3.61. The second kappa shape index (κ2) is 5.02. The minimum Gasteiger partial charge on any atom is -0.493 e. The largest absolute Gasteiger partial charge is 0.493 e. The van der Waals surface area contributed by atoms with E-state index in [9.17, 15) is 4.39 Å². The van der Waals surface area contributed by atoms with E-state index < -0.39 is 5.82 Å². The van der Waals surface area contributed by atoms with E-state index in [-0.39, 0.29) is 16.6 Å². The van der Waals surface area contributed by atoms with Crippen molar-refractivity contribution in [2.75, 3.05) is 13.2 Å². The van der Waals surface area contributed by atoms with Crippen LogP contribution in [0.4, 0.5) is 4.39 Å². The van der Waals surface area contributed by atoms with Gasteiger partial charge in [0.1, 0.15) is 23.7 Å². The van der Waals surface area contributed by atoms with Crippen LogP contribution < -0.4 is 10.5 Å². The second-order valence-electron chi connectivity index (χ2n) is 4.41. The molecular formula is C12H14ClFN2O2. The van der Waals surface area contributed by atoms with Crippen molar-refractivity contribution in [3.63, 3.8) is 0 Å². The molecule has 1 aromatic carbocycles. The molecule has 4 nitrogen and oxygen atoms in total. The molecule has 1 aliphatic heterocycles. The lowest BCUT2D eigenvalue weighted by molar-refractivity contribution is 0.216. The molecule has 0 fully saturated rings. The molecule has 98 valence electrons. The maximum atomic E-state index is 12.9. The molecule has 0 saturated carbocycles. The average molecular weight is 273 g/mol. The number of halogens is 2. The molecule has 0 bridgehead atoms. The summed E-state index contributed by atoms with van der Waals surface area (Å²) in [6.45, 7) is 2.82. The van der Waals surface area contributed by atoms with Crippen LogP contribution in [0.5, 0.6) is 5.75 Å². The molecular weight excluding hydrogens is 259 g/mol. The lowest BCUT2D eigenvalue weighted by atomic mass is 10.0. The Labute approximate surface area is 110 Å². The summed E-state index contributed by atoms with van der Waals surface area (Å²) in [4.78, 5) is 4.19. The molecule has 0 spiro atoms. The second-order valence-corrected chi connectivity index (χ2v) is 4.82. The summed E-state index contributed by atoms with van der Waals surface area (Å²) in [5.74, 6) is 0.0680. The van der Waals surface area contributed by atoms with Gasteiger partial charge in [0.15, 0.2) is 0 Å². The lowest BCUT2D eigenvalue weighted by Gasteiger charge is -2.18. The Morgan fingerprint density at radius 3 is 3.00 bits per heavy atom. The highest BCUT2D eigenvalue weighted by molar-refractivity contribution is 6.30. The molecule has 18 heavy (non-hydrogen) atoms. The first-order valence-corrected chi connectivity index (χ1v) is 5.92. The Morgan fingerprint density at radius 1 is 1.61 bits per heavy atom. The number of nitrogens with zero attached hydrogens (tertiary/aromatic N) is 1. The van der Waals surface area contributed by atoms with Gasteiger partial charge in [0, 0.05) is 12.5 Å².